The molecule has 0 aromatic rings. The van der Waals surface area contributed by atoms with E-state index in [0.29, 0.717) is 32.1 Å². The summed E-state index contributed by atoms with van der Waals surface area (Å²) in [4.78, 5) is 51.5. The number of halogens is 5. The van der Waals surface area contributed by atoms with E-state index in [1.54, 1.807) is 13.8 Å². The first-order chi connectivity index (χ1) is 18.7. The van der Waals surface area contributed by atoms with E-state index in [9.17, 15) is 49.5 Å². The summed E-state index contributed by atoms with van der Waals surface area (Å²) in [6, 6.07) is 0. The number of esters is 1. The van der Waals surface area contributed by atoms with E-state index in [4.69, 9.17) is 4.55 Å². The van der Waals surface area contributed by atoms with Crippen molar-refractivity contribution in [2.75, 3.05) is 0 Å². The summed E-state index contributed by atoms with van der Waals surface area (Å²) in [5.41, 5.74) is -1.24. The average Bonchev–Trinajstić information content (AvgIpc) is 3.19. The van der Waals surface area contributed by atoms with Crippen molar-refractivity contribution in [2.45, 2.75) is 96.1 Å². The highest BCUT2D eigenvalue weighted by Gasteiger charge is 2.67. The third kappa shape index (κ3) is 5.25. The molecule has 14 heteroatoms. The third-order valence-electron chi connectivity index (χ3n) is 10.9. The Morgan fingerprint density at radius 2 is 1.68 bits per heavy atom. The fraction of sp³-hybridized carbons (Fsp3) is 0.852. The van der Waals surface area contributed by atoms with Gasteiger partial charge in [-0.2, -0.15) is 30.4 Å². The fourth-order valence-electron chi connectivity index (χ4n) is 8.59. The van der Waals surface area contributed by atoms with Gasteiger partial charge in [0.05, 0.1) is 0 Å². The maximum atomic E-state index is 13.8. The third-order valence-corrected chi connectivity index (χ3v) is 11.8. The summed E-state index contributed by atoms with van der Waals surface area (Å²) in [5, 5.41) is -5.81. The second-order valence-corrected chi connectivity index (χ2v) is 14.4. The first-order valence-electron chi connectivity index (χ1n) is 13.8. The first-order valence-corrected chi connectivity index (χ1v) is 15.3. The molecule has 41 heavy (non-hydrogen) atoms. The van der Waals surface area contributed by atoms with Gasteiger partial charge < -0.3 is 4.74 Å². The maximum absolute atomic E-state index is 13.8. The van der Waals surface area contributed by atoms with Gasteiger partial charge in [-0.25, -0.2) is 0 Å². The van der Waals surface area contributed by atoms with Crippen LogP contribution in [0.15, 0.2) is 0 Å². The van der Waals surface area contributed by atoms with Gasteiger partial charge >= 0.3 is 27.5 Å². The molecule has 0 bridgehead atoms. The van der Waals surface area contributed by atoms with Crippen molar-refractivity contribution >= 4 is 33.4 Å². The van der Waals surface area contributed by atoms with Crippen LogP contribution in [0.5, 0.6) is 0 Å². The molecule has 1 N–H and O–H groups in total. The molecule has 2 unspecified atom stereocenters. The van der Waals surface area contributed by atoms with E-state index in [2.05, 4.69) is 11.7 Å². The molecule has 0 amide bonds. The monoisotopic (exact) mass is 614 g/mol. The predicted octanol–water partition coefficient (Wildman–Crippen LogP) is 4.94. The highest BCUT2D eigenvalue weighted by molar-refractivity contribution is 7.86. The van der Waals surface area contributed by atoms with E-state index in [0.717, 1.165) is 0 Å². The van der Waals surface area contributed by atoms with Crippen LogP contribution in [0, 0.1) is 46.3 Å². The minimum atomic E-state index is -6.54. The number of ketones is 3. The molecular weight excluding hydrogens is 579 g/mol. The standard InChI is InChI=1S/C27H35F5O8S/c1-13(4-7-21(36)40-23(26(28,29)30)27(31,32)41(37,38)39)16-5-6-17-22-18(12-20(35)25(16,17)3)24(2)9-8-15(33)10-14(24)11-19(22)34/h13-14,16-18,22-23H,4-12H2,1-3H3,(H,37,38,39)/t13-,14?,16-,17+,18+,22+,23?,24+,25-/m1/s1. The van der Waals surface area contributed by atoms with Gasteiger partial charge in [0.1, 0.15) is 17.3 Å². The Labute approximate surface area is 234 Å². The van der Waals surface area contributed by atoms with E-state index in [1.165, 1.54) is 0 Å². The molecule has 0 spiro atoms. The van der Waals surface area contributed by atoms with Crippen molar-refractivity contribution in [1.82, 2.24) is 0 Å². The van der Waals surface area contributed by atoms with Crippen LogP contribution < -0.4 is 0 Å². The number of carbonyl (C=O) groups excluding carboxylic acids is 4. The molecular formula is C27H35F5O8S. The van der Waals surface area contributed by atoms with Crippen molar-refractivity contribution in [3.05, 3.63) is 0 Å². The number of alkyl halides is 5. The van der Waals surface area contributed by atoms with Crippen LogP contribution in [0.3, 0.4) is 0 Å². The highest BCUT2D eigenvalue weighted by atomic mass is 32.2. The predicted molar refractivity (Wildman–Crippen MR) is 132 cm³/mol. The zero-order valence-electron chi connectivity index (χ0n) is 23.0. The maximum Gasteiger partial charge on any atom is 0.432 e. The number of carbonyl (C=O) groups is 4. The second-order valence-electron chi connectivity index (χ2n) is 12.9. The molecule has 0 aromatic heterocycles. The molecule has 8 nitrogen and oxygen atoms in total. The summed E-state index contributed by atoms with van der Waals surface area (Å²) in [6.45, 7) is 5.55. The SMILES string of the molecule is C[C@H](CCC(=O)OC(C(F)(F)F)C(F)(F)S(=O)(=O)O)[C@H]1CC[C@H]2[C@@H]3C(=O)CC4CC(=O)CC[C@]4(C)[C@H]3CC(=O)[C@]12C. The van der Waals surface area contributed by atoms with Crippen LogP contribution in [0.25, 0.3) is 0 Å². The first kappa shape index (κ1) is 32.0. The van der Waals surface area contributed by atoms with Crippen LogP contribution in [-0.4, -0.2) is 53.8 Å². The summed E-state index contributed by atoms with van der Waals surface area (Å²) in [5.74, 6) is -3.26. The van der Waals surface area contributed by atoms with Crippen LogP contribution in [0.4, 0.5) is 22.0 Å². The van der Waals surface area contributed by atoms with Crippen molar-refractivity contribution in [2.24, 2.45) is 46.3 Å². The number of fused-ring (bicyclic) bond motifs is 5. The van der Waals surface area contributed by atoms with Gasteiger partial charge in [-0.15, -0.1) is 0 Å². The van der Waals surface area contributed by atoms with Gasteiger partial charge in [-0.3, -0.25) is 23.7 Å². The Morgan fingerprint density at radius 1 is 1.05 bits per heavy atom. The number of rotatable bonds is 7. The molecule has 232 valence electrons. The van der Waals surface area contributed by atoms with Gasteiger partial charge in [0.2, 0.25) is 0 Å². The smallest absolute Gasteiger partial charge is 0.432 e. The van der Waals surface area contributed by atoms with Gasteiger partial charge in [0.15, 0.2) is 0 Å². The molecule has 4 rings (SSSR count). The quantitative estimate of drug-likeness (QED) is 0.242. The molecule has 4 aliphatic rings. The number of ether oxygens (including phenoxy) is 1. The Balaban J connectivity index is 1.47. The molecule has 4 saturated carbocycles. The summed E-state index contributed by atoms with van der Waals surface area (Å²) < 4.78 is 101. The van der Waals surface area contributed by atoms with Gasteiger partial charge in [0.25, 0.3) is 6.10 Å². The number of hydrogen-bond acceptors (Lipinski definition) is 7. The van der Waals surface area contributed by atoms with Crippen molar-refractivity contribution < 1.29 is 58.8 Å². The molecule has 0 radical (unpaired) electrons. The van der Waals surface area contributed by atoms with Crippen LogP contribution in [-0.2, 0) is 34.0 Å². The Bertz CT molecular complexity index is 1230. The van der Waals surface area contributed by atoms with Crippen molar-refractivity contribution in [3.8, 4) is 0 Å². The van der Waals surface area contributed by atoms with Crippen LogP contribution in [0.2, 0.25) is 0 Å². The largest absolute Gasteiger partial charge is 0.445 e. The lowest BCUT2D eigenvalue weighted by Gasteiger charge is -2.58. The molecule has 0 aromatic carbocycles. The van der Waals surface area contributed by atoms with Crippen molar-refractivity contribution in [1.29, 1.82) is 0 Å². The molecule has 4 fully saturated rings. The summed E-state index contributed by atoms with van der Waals surface area (Å²) in [7, 11) is -6.54. The average molecular weight is 615 g/mol. The molecule has 0 saturated heterocycles. The zero-order valence-corrected chi connectivity index (χ0v) is 23.8. The minimum Gasteiger partial charge on any atom is -0.445 e. The summed E-state index contributed by atoms with van der Waals surface area (Å²) >= 11 is 0. The Hall–Kier alpha value is -1.96. The van der Waals surface area contributed by atoms with E-state index >= 15 is 0 Å². The second kappa shape index (κ2) is 10.3. The fourth-order valence-corrected chi connectivity index (χ4v) is 9.04. The number of Topliss-reactive ketones (excluding diaryl/α,β-unsaturated/α-hetero) is 3. The van der Waals surface area contributed by atoms with E-state index in [-0.39, 0.29) is 71.6 Å². The molecule has 0 aliphatic heterocycles. The Morgan fingerprint density at radius 3 is 2.27 bits per heavy atom. The lowest BCUT2D eigenvalue weighted by molar-refractivity contribution is -0.259. The minimum absolute atomic E-state index is 0.0304. The zero-order chi connectivity index (χ0) is 30.9. The lowest BCUT2D eigenvalue weighted by Crippen LogP contribution is -2.60. The Kier molecular flexibility index (Phi) is 8.06. The molecule has 0 heterocycles. The molecule has 9 atom stereocenters. The normalized spacial score (nSPS) is 37.6. The topological polar surface area (TPSA) is 132 Å². The van der Waals surface area contributed by atoms with Crippen LogP contribution in [0.1, 0.15) is 78.6 Å². The molecule has 4 aliphatic carbocycles. The van der Waals surface area contributed by atoms with E-state index < -0.39 is 51.4 Å². The van der Waals surface area contributed by atoms with E-state index in [1.807, 2.05) is 0 Å². The highest BCUT2D eigenvalue weighted by Crippen LogP contribution is 2.66. The van der Waals surface area contributed by atoms with Gasteiger partial charge in [-0.05, 0) is 60.7 Å². The number of hydrogen-bond donors (Lipinski definition) is 1. The van der Waals surface area contributed by atoms with Gasteiger partial charge in [0, 0.05) is 43.4 Å². The van der Waals surface area contributed by atoms with Gasteiger partial charge in [-0.1, -0.05) is 20.8 Å². The van der Waals surface area contributed by atoms with Crippen LogP contribution >= 0.6 is 0 Å². The summed E-state index contributed by atoms with van der Waals surface area (Å²) in [6.07, 6.45) is -8.36. The lowest BCUT2D eigenvalue weighted by atomic mass is 9.44. The van der Waals surface area contributed by atoms with Crippen molar-refractivity contribution in [3.63, 3.8) is 0 Å².